The van der Waals surface area contributed by atoms with Crippen LogP contribution in [-0.4, -0.2) is 165 Å². The zero-order valence-electron chi connectivity index (χ0n) is 32.2. The van der Waals surface area contributed by atoms with Crippen molar-refractivity contribution < 1.29 is 74.1 Å². The van der Waals surface area contributed by atoms with E-state index in [1.54, 1.807) is 6.92 Å². The average molecular weight is 781 g/mol. The molecule has 19 atom stereocenters. The maximum Gasteiger partial charge on any atom is 0.223 e. The van der Waals surface area contributed by atoms with Crippen LogP contribution in [0.25, 0.3) is 0 Å². The van der Waals surface area contributed by atoms with Gasteiger partial charge in [0.1, 0.15) is 54.9 Å². The van der Waals surface area contributed by atoms with E-state index in [4.69, 9.17) is 34.2 Å². The molecule has 0 radical (unpaired) electrons. The zero-order chi connectivity index (χ0) is 39.7. The number of nitrogens with two attached hydrogens (primary N) is 1. The molecular weight excluding hydrogens is 712 g/mol. The van der Waals surface area contributed by atoms with Crippen molar-refractivity contribution in [3.63, 3.8) is 0 Å². The Kier molecular flexibility index (Phi) is 18.2. The molecule has 0 saturated carbocycles. The number of rotatable bonds is 11. The minimum atomic E-state index is -1.82. The van der Waals surface area contributed by atoms with Crippen LogP contribution < -0.4 is 11.1 Å². The number of hydrogen-bond acceptors (Lipinski definition) is 16. The van der Waals surface area contributed by atoms with E-state index in [0.717, 1.165) is 64.2 Å². The third-order valence-electron chi connectivity index (χ3n) is 12.0. The van der Waals surface area contributed by atoms with E-state index >= 15 is 0 Å². The summed E-state index contributed by atoms with van der Waals surface area (Å²) in [6.07, 6.45) is -12.4. The summed E-state index contributed by atoms with van der Waals surface area (Å²) in [4.78, 5) is 12.9. The van der Waals surface area contributed by atoms with Gasteiger partial charge in [0.25, 0.3) is 0 Å². The van der Waals surface area contributed by atoms with Crippen LogP contribution >= 0.6 is 0 Å². The van der Waals surface area contributed by atoms with E-state index in [-0.39, 0.29) is 23.8 Å². The highest BCUT2D eigenvalue weighted by Gasteiger charge is 2.53. The molecule has 17 heteroatoms. The standard InChI is InChI=1S/C37H68N2O15/c1-5-19-10-8-11-21(7-3)34(48)39-15-9-12-20(6-2)22(14-13-19)50-37-33(25(38)26(42)18(4)49-37)54-36-31(47)29(45)32(24(17-41)52-36)53-35-30(46)28(44)27(43)23(16-40)51-35/h18-33,35-37,40-47H,5-17,38H2,1-4H3,(H,39,48)/t18-,19?,20?,21?,22?,23-,24-,25+,26-,27-,28+,29-,30-,31-,32-,33+,35+,36-,37-/m0/s1. The topological polar surface area (TPSA) is 272 Å². The highest BCUT2D eigenvalue weighted by atomic mass is 16.8. The summed E-state index contributed by atoms with van der Waals surface area (Å²) in [6.45, 7) is 7.07. The van der Waals surface area contributed by atoms with Crippen LogP contribution in [0.4, 0.5) is 0 Å². The van der Waals surface area contributed by atoms with Crippen LogP contribution in [0.2, 0.25) is 0 Å². The number of aliphatic hydroxyl groups is 8. The van der Waals surface area contributed by atoms with Crippen molar-refractivity contribution >= 4 is 5.91 Å². The molecule has 0 spiro atoms. The molecule has 4 rings (SSSR count). The fourth-order valence-electron chi connectivity index (χ4n) is 8.23. The van der Waals surface area contributed by atoms with Crippen LogP contribution in [-0.2, 0) is 33.2 Å². The Bertz CT molecular complexity index is 1110. The average Bonchev–Trinajstić information content (AvgIpc) is 3.16. The lowest BCUT2D eigenvalue weighted by Gasteiger charge is -2.48. The number of carbonyl (C=O) groups is 1. The molecule has 0 bridgehead atoms. The Hall–Kier alpha value is -1.13. The molecule has 17 nitrogen and oxygen atoms in total. The number of amides is 1. The predicted molar refractivity (Wildman–Crippen MR) is 191 cm³/mol. The van der Waals surface area contributed by atoms with Crippen molar-refractivity contribution in [1.82, 2.24) is 5.32 Å². The van der Waals surface area contributed by atoms with Crippen molar-refractivity contribution in [3.8, 4) is 0 Å². The monoisotopic (exact) mass is 780 g/mol. The van der Waals surface area contributed by atoms with E-state index in [1.165, 1.54) is 0 Å². The summed E-state index contributed by atoms with van der Waals surface area (Å²) in [5, 5.41) is 87.2. The van der Waals surface area contributed by atoms with Crippen LogP contribution in [0.1, 0.15) is 91.9 Å². The second-order valence-corrected chi connectivity index (χ2v) is 15.5. The molecule has 316 valence electrons. The quantitative estimate of drug-likeness (QED) is 0.117. The first-order valence-electron chi connectivity index (χ1n) is 20.1. The highest BCUT2D eigenvalue weighted by Crippen LogP contribution is 2.35. The fourth-order valence-corrected chi connectivity index (χ4v) is 8.23. The first-order chi connectivity index (χ1) is 25.8. The Morgan fingerprint density at radius 1 is 0.667 bits per heavy atom. The van der Waals surface area contributed by atoms with Gasteiger partial charge in [0.05, 0.1) is 37.6 Å². The second kappa shape index (κ2) is 21.6. The minimum absolute atomic E-state index is 0.0201. The van der Waals surface area contributed by atoms with E-state index in [2.05, 4.69) is 26.1 Å². The van der Waals surface area contributed by atoms with Gasteiger partial charge in [-0.2, -0.15) is 0 Å². The predicted octanol–water partition coefficient (Wildman–Crippen LogP) is -1.25. The van der Waals surface area contributed by atoms with Gasteiger partial charge < -0.3 is 80.3 Å². The maximum atomic E-state index is 12.9. The van der Waals surface area contributed by atoms with Gasteiger partial charge in [-0.1, -0.05) is 46.5 Å². The van der Waals surface area contributed by atoms with Crippen LogP contribution in [0.5, 0.6) is 0 Å². The molecule has 0 aromatic rings. The van der Waals surface area contributed by atoms with Gasteiger partial charge in [-0.05, 0) is 57.3 Å². The fraction of sp³-hybridized carbons (Fsp3) is 0.973. The molecule has 4 aliphatic rings. The summed E-state index contributed by atoms with van der Waals surface area (Å²) >= 11 is 0. The van der Waals surface area contributed by atoms with Crippen molar-refractivity contribution in [2.75, 3.05) is 19.8 Å². The number of hydrogen-bond donors (Lipinski definition) is 10. The SMILES string of the molecule is CCC1CCCC(CC)C(=O)NCCCC(CC)C(O[C@@H]2O[C@@H](C)[C@H](O)[C@@H](N)[C@H]2O[C@@H]2O[C@@H](CO)[C@H](O[C@H]3O[C@@H](CO)[C@H](O)[C@@H](O)[C@@H]3O)[C@@H](O)[C@@H]2O)CC1. The van der Waals surface area contributed by atoms with Gasteiger partial charge in [-0.15, -0.1) is 0 Å². The smallest absolute Gasteiger partial charge is 0.223 e. The minimum Gasteiger partial charge on any atom is -0.394 e. The largest absolute Gasteiger partial charge is 0.394 e. The lowest BCUT2D eigenvalue weighted by atomic mass is 9.85. The second-order valence-electron chi connectivity index (χ2n) is 15.5. The molecule has 4 fully saturated rings. The van der Waals surface area contributed by atoms with Gasteiger partial charge in [-0.25, -0.2) is 0 Å². The first-order valence-corrected chi connectivity index (χ1v) is 20.1. The molecule has 0 aliphatic carbocycles. The van der Waals surface area contributed by atoms with Gasteiger partial charge in [0, 0.05) is 12.5 Å². The number of ether oxygens (including phenoxy) is 6. The molecule has 4 unspecified atom stereocenters. The van der Waals surface area contributed by atoms with Crippen molar-refractivity contribution in [1.29, 1.82) is 0 Å². The third-order valence-corrected chi connectivity index (χ3v) is 12.0. The molecule has 4 heterocycles. The molecule has 54 heavy (non-hydrogen) atoms. The normalized spacial score (nSPS) is 46.4. The van der Waals surface area contributed by atoms with Crippen LogP contribution in [0.3, 0.4) is 0 Å². The molecule has 4 saturated heterocycles. The van der Waals surface area contributed by atoms with Gasteiger partial charge >= 0.3 is 0 Å². The lowest BCUT2D eigenvalue weighted by Crippen LogP contribution is -2.67. The summed E-state index contributed by atoms with van der Waals surface area (Å²) < 4.78 is 36.1. The van der Waals surface area contributed by atoms with Crippen LogP contribution in [0.15, 0.2) is 0 Å². The maximum absolute atomic E-state index is 12.9. The number of carbonyl (C=O) groups excluding carboxylic acids is 1. The van der Waals surface area contributed by atoms with E-state index < -0.39 is 105 Å². The Balaban J connectivity index is 1.51. The number of nitrogens with one attached hydrogen (secondary N) is 1. The molecule has 11 N–H and O–H groups in total. The molecule has 0 aromatic heterocycles. The summed E-state index contributed by atoms with van der Waals surface area (Å²) in [6, 6.07) is -1.08. The Labute approximate surface area is 318 Å². The molecular formula is C37H68N2O15. The van der Waals surface area contributed by atoms with E-state index in [1.807, 2.05) is 0 Å². The van der Waals surface area contributed by atoms with Gasteiger partial charge in [-0.3, -0.25) is 4.79 Å². The summed E-state index contributed by atoms with van der Waals surface area (Å²) in [7, 11) is 0. The van der Waals surface area contributed by atoms with E-state index in [0.29, 0.717) is 12.5 Å². The van der Waals surface area contributed by atoms with Crippen molar-refractivity contribution in [2.24, 2.45) is 23.5 Å². The first kappa shape index (κ1) is 45.6. The zero-order valence-corrected chi connectivity index (χ0v) is 32.2. The molecule has 0 aromatic carbocycles. The molecule has 4 aliphatic heterocycles. The Morgan fingerprint density at radius 3 is 1.94 bits per heavy atom. The lowest BCUT2D eigenvalue weighted by molar-refractivity contribution is -0.379. The van der Waals surface area contributed by atoms with E-state index in [9.17, 15) is 45.6 Å². The molecule has 1 amide bonds. The summed E-state index contributed by atoms with van der Waals surface area (Å²) in [5.41, 5.74) is 6.55. The summed E-state index contributed by atoms with van der Waals surface area (Å²) in [5.74, 6) is 0.643. The Morgan fingerprint density at radius 2 is 1.31 bits per heavy atom. The highest BCUT2D eigenvalue weighted by molar-refractivity contribution is 5.78. The third kappa shape index (κ3) is 11.1. The van der Waals surface area contributed by atoms with Crippen LogP contribution in [0, 0.1) is 17.8 Å². The van der Waals surface area contributed by atoms with Crippen molar-refractivity contribution in [2.45, 2.75) is 190 Å². The van der Waals surface area contributed by atoms with Gasteiger partial charge in [0.2, 0.25) is 5.91 Å². The van der Waals surface area contributed by atoms with Gasteiger partial charge in [0.15, 0.2) is 18.9 Å². The number of aliphatic hydroxyl groups excluding tert-OH is 8. The van der Waals surface area contributed by atoms with Crippen molar-refractivity contribution in [3.05, 3.63) is 0 Å².